The van der Waals surface area contributed by atoms with E-state index in [2.05, 4.69) is 44.3 Å². The molecule has 2 fully saturated rings. The monoisotopic (exact) mass is 428 g/mol. The van der Waals surface area contributed by atoms with Crippen LogP contribution in [0.15, 0.2) is 48.5 Å². The van der Waals surface area contributed by atoms with Crippen molar-refractivity contribution < 1.29 is 9.53 Å². The highest BCUT2D eigenvalue weighted by molar-refractivity contribution is 6.30. The highest BCUT2D eigenvalue weighted by Gasteiger charge is 2.19. The molecule has 6 nitrogen and oxygen atoms in total. The maximum atomic E-state index is 12.5. The minimum absolute atomic E-state index is 0.0419. The predicted octanol–water partition coefficient (Wildman–Crippen LogP) is 2.93. The fourth-order valence-electron chi connectivity index (χ4n) is 3.93. The van der Waals surface area contributed by atoms with Crippen LogP contribution in [0, 0.1) is 0 Å². The van der Waals surface area contributed by atoms with E-state index in [1.165, 1.54) is 11.3 Å². The lowest BCUT2D eigenvalue weighted by Crippen LogP contribution is -2.48. The number of hydrogen-bond acceptors (Lipinski definition) is 5. The van der Waals surface area contributed by atoms with Crippen LogP contribution in [0.25, 0.3) is 0 Å². The third-order valence-corrected chi connectivity index (χ3v) is 5.93. The molecule has 2 heterocycles. The van der Waals surface area contributed by atoms with Gasteiger partial charge in [0.15, 0.2) is 0 Å². The average molecular weight is 429 g/mol. The van der Waals surface area contributed by atoms with Crippen molar-refractivity contribution in [2.75, 3.05) is 69.2 Å². The number of amides is 1. The number of ether oxygens (including phenoxy) is 1. The topological polar surface area (TPSA) is 48.1 Å². The number of morpholine rings is 1. The predicted molar refractivity (Wildman–Crippen MR) is 121 cm³/mol. The lowest BCUT2D eigenvalue weighted by atomic mass is 10.2. The van der Waals surface area contributed by atoms with Gasteiger partial charge >= 0.3 is 0 Å². The highest BCUT2D eigenvalue weighted by Crippen LogP contribution is 2.19. The summed E-state index contributed by atoms with van der Waals surface area (Å²) in [5.74, 6) is 0.0419. The zero-order chi connectivity index (χ0) is 20.8. The van der Waals surface area contributed by atoms with Crippen molar-refractivity contribution in [2.24, 2.45) is 0 Å². The summed E-state index contributed by atoms with van der Waals surface area (Å²) < 4.78 is 5.40. The molecule has 0 atom stereocenters. The first kappa shape index (κ1) is 21.1. The van der Waals surface area contributed by atoms with E-state index in [1.54, 1.807) is 0 Å². The molecule has 2 saturated heterocycles. The van der Waals surface area contributed by atoms with Crippen molar-refractivity contribution in [1.29, 1.82) is 0 Å². The van der Waals surface area contributed by atoms with Crippen LogP contribution in [0.2, 0.25) is 5.02 Å². The van der Waals surface area contributed by atoms with Gasteiger partial charge in [0.25, 0.3) is 0 Å². The van der Waals surface area contributed by atoms with E-state index in [1.807, 2.05) is 24.3 Å². The number of carbonyl (C=O) groups is 1. The van der Waals surface area contributed by atoms with Gasteiger partial charge in [-0.05, 0) is 42.0 Å². The number of hydrogen-bond donors (Lipinski definition) is 1. The van der Waals surface area contributed by atoms with Crippen LogP contribution < -0.4 is 10.2 Å². The molecule has 2 aliphatic rings. The second-order valence-corrected chi connectivity index (χ2v) is 8.31. The summed E-state index contributed by atoms with van der Waals surface area (Å²) in [7, 11) is 0. The Bertz CT molecular complexity index is 814. The third-order valence-electron chi connectivity index (χ3n) is 5.68. The number of nitrogens with one attached hydrogen (secondary N) is 1. The van der Waals surface area contributed by atoms with Crippen molar-refractivity contribution in [3.05, 3.63) is 59.1 Å². The summed E-state index contributed by atoms with van der Waals surface area (Å²) >= 11 is 5.96. The molecule has 0 radical (unpaired) electrons. The largest absolute Gasteiger partial charge is 0.378 e. The minimum Gasteiger partial charge on any atom is -0.378 e. The first-order valence-electron chi connectivity index (χ1n) is 10.6. The fourth-order valence-corrected chi connectivity index (χ4v) is 4.06. The van der Waals surface area contributed by atoms with Crippen LogP contribution in [-0.4, -0.2) is 74.7 Å². The number of anilines is 2. The summed E-state index contributed by atoms with van der Waals surface area (Å²) in [4.78, 5) is 19.4. The third kappa shape index (κ3) is 5.95. The molecule has 0 spiro atoms. The molecule has 2 aromatic carbocycles. The molecule has 160 valence electrons. The van der Waals surface area contributed by atoms with Gasteiger partial charge in [0.1, 0.15) is 0 Å². The Hall–Kier alpha value is -2.12. The molecule has 2 aliphatic heterocycles. The van der Waals surface area contributed by atoms with Crippen LogP contribution in [-0.2, 0) is 16.1 Å². The van der Waals surface area contributed by atoms with Crippen LogP contribution >= 0.6 is 11.6 Å². The number of benzene rings is 2. The van der Waals surface area contributed by atoms with E-state index in [9.17, 15) is 4.79 Å². The van der Waals surface area contributed by atoms with Gasteiger partial charge in [-0.15, -0.1) is 0 Å². The van der Waals surface area contributed by atoms with Crippen LogP contribution in [0.3, 0.4) is 0 Å². The molecule has 1 amide bonds. The number of nitrogens with zero attached hydrogens (tertiary/aromatic N) is 3. The summed E-state index contributed by atoms with van der Waals surface area (Å²) in [5, 5.41) is 3.79. The van der Waals surface area contributed by atoms with Gasteiger partial charge in [-0.2, -0.15) is 0 Å². The maximum absolute atomic E-state index is 12.5. The molecule has 4 rings (SSSR count). The maximum Gasteiger partial charge on any atom is 0.238 e. The van der Waals surface area contributed by atoms with E-state index in [-0.39, 0.29) is 5.91 Å². The first-order valence-corrected chi connectivity index (χ1v) is 11.0. The van der Waals surface area contributed by atoms with Crippen molar-refractivity contribution in [3.63, 3.8) is 0 Å². The quantitative estimate of drug-likeness (QED) is 0.766. The van der Waals surface area contributed by atoms with E-state index in [0.717, 1.165) is 69.7 Å². The fraction of sp³-hybridized carbons (Fsp3) is 0.435. The van der Waals surface area contributed by atoms with E-state index in [4.69, 9.17) is 16.3 Å². The first-order chi connectivity index (χ1) is 14.7. The summed E-state index contributed by atoms with van der Waals surface area (Å²) in [6, 6.07) is 16.1. The molecular formula is C23H29ClN4O2. The minimum atomic E-state index is 0.0419. The van der Waals surface area contributed by atoms with Crippen LogP contribution in [0.4, 0.5) is 11.4 Å². The second-order valence-electron chi connectivity index (χ2n) is 7.87. The Morgan fingerprint density at radius 3 is 2.17 bits per heavy atom. The van der Waals surface area contributed by atoms with Crippen LogP contribution in [0.1, 0.15) is 5.56 Å². The van der Waals surface area contributed by atoms with Gasteiger partial charge in [0.2, 0.25) is 5.91 Å². The smallest absolute Gasteiger partial charge is 0.238 e. The van der Waals surface area contributed by atoms with E-state index < -0.39 is 0 Å². The summed E-state index contributed by atoms with van der Waals surface area (Å²) in [6.07, 6.45) is 0. The van der Waals surface area contributed by atoms with Gasteiger partial charge in [-0.25, -0.2) is 0 Å². The zero-order valence-corrected chi connectivity index (χ0v) is 18.0. The standard InChI is InChI=1S/C23H29ClN4O2/c24-20-3-1-19(2-4-20)17-26-9-11-27(12-10-26)18-23(29)25-21-5-7-22(8-6-21)28-13-15-30-16-14-28/h1-8H,9-18H2,(H,25,29). The molecular weight excluding hydrogens is 400 g/mol. The molecule has 2 aromatic rings. The molecule has 0 aliphatic carbocycles. The van der Waals surface area contributed by atoms with E-state index in [0.29, 0.717) is 6.54 Å². The van der Waals surface area contributed by atoms with Gasteiger partial charge in [-0.3, -0.25) is 14.6 Å². The summed E-state index contributed by atoms with van der Waals surface area (Å²) in [6.45, 7) is 8.44. The average Bonchev–Trinajstić information content (AvgIpc) is 2.78. The van der Waals surface area contributed by atoms with Gasteiger partial charge in [0, 0.05) is 62.2 Å². The van der Waals surface area contributed by atoms with Gasteiger partial charge in [-0.1, -0.05) is 23.7 Å². The Labute approximate surface area is 183 Å². The van der Waals surface area contributed by atoms with Gasteiger partial charge in [0.05, 0.1) is 19.8 Å². The highest BCUT2D eigenvalue weighted by atomic mass is 35.5. The van der Waals surface area contributed by atoms with Crippen molar-refractivity contribution in [3.8, 4) is 0 Å². The second kappa shape index (κ2) is 10.3. The zero-order valence-electron chi connectivity index (χ0n) is 17.2. The lowest BCUT2D eigenvalue weighted by Gasteiger charge is -2.34. The number of halogens is 1. The SMILES string of the molecule is O=C(CN1CCN(Cc2ccc(Cl)cc2)CC1)Nc1ccc(N2CCOCC2)cc1. The Kier molecular flexibility index (Phi) is 7.23. The van der Waals surface area contributed by atoms with Crippen molar-refractivity contribution in [2.45, 2.75) is 6.54 Å². The number of piperazine rings is 1. The lowest BCUT2D eigenvalue weighted by molar-refractivity contribution is -0.117. The van der Waals surface area contributed by atoms with Gasteiger partial charge < -0.3 is 15.0 Å². The van der Waals surface area contributed by atoms with E-state index >= 15 is 0 Å². The Balaban J connectivity index is 1.19. The number of rotatable bonds is 6. The number of carbonyl (C=O) groups excluding carboxylic acids is 1. The van der Waals surface area contributed by atoms with Crippen molar-refractivity contribution in [1.82, 2.24) is 9.80 Å². The molecule has 30 heavy (non-hydrogen) atoms. The molecule has 0 aromatic heterocycles. The molecule has 0 unspecified atom stereocenters. The van der Waals surface area contributed by atoms with Crippen molar-refractivity contribution >= 4 is 28.9 Å². The summed E-state index contributed by atoms with van der Waals surface area (Å²) in [5.41, 5.74) is 3.29. The van der Waals surface area contributed by atoms with Crippen LogP contribution in [0.5, 0.6) is 0 Å². The normalized spacial score (nSPS) is 18.4. The Morgan fingerprint density at radius 1 is 0.867 bits per heavy atom. The molecule has 1 N–H and O–H groups in total. The molecule has 7 heteroatoms. The Morgan fingerprint density at radius 2 is 1.50 bits per heavy atom. The molecule has 0 saturated carbocycles. The molecule has 0 bridgehead atoms.